The number of aliphatic hydroxyl groups excluding tert-OH is 1. The van der Waals surface area contributed by atoms with Crippen LogP contribution in [0.2, 0.25) is 0 Å². The molecule has 0 fully saturated rings. The van der Waals surface area contributed by atoms with Gasteiger partial charge in [0.25, 0.3) is 10.1 Å². The van der Waals surface area contributed by atoms with Gasteiger partial charge in [-0.1, -0.05) is 0 Å². The molecule has 0 aromatic carbocycles. The Labute approximate surface area is 60.6 Å². The van der Waals surface area contributed by atoms with E-state index in [1.165, 1.54) is 13.8 Å². The first kappa shape index (κ1) is 9.87. The lowest BCUT2D eigenvalue weighted by atomic mass is 10.1. The van der Waals surface area contributed by atoms with Crippen molar-refractivity contribution in [2.24, 2.45) is 0 Å². The topological polar surface area (TPSA) is 74.6 Å². The van der Waals surface area contributed by atoms with Crippen LogP contribution >= 0.6 is 0 Å². The molecule has 2 N–H and O–H groups in total. The van der Waals surface area contributed by atoms with Crippen molar-refractivity contribution >= 4 is 10.1 Å². The smallest absolute Gasteiger partial charge is 0.270 e. The van der Waals surface area contributed by atoms with Crippen LogP contribution in [0, 0.1) is 0 Å². The first-order valence-electron chi connectivity index (χ1n) is 2.89. The zero-order valence-corrected chi connectivity index (χ0v) is 6.85. The SMILES string of the molecule is CC(C)(CCO)S(=O)(=O)O. The van der Waals surface area contributed by atoms with Crippen LogP contribution in [0.3, 0.4) is 0 Å². The fourth-order valence-corrected chi connectivity index (χ4v) is 0.747. The standard InChI is InChI=1S/C5H12O4S/c1-5(2,3-4-6)10(7,8)9/h6H,3-4H2,1-2H3,(H,7,8,9). The summed E-state index contributed by atoms with van der Waals surface area (Å²) < 4.78 is 28.3. The van der Waals surface area contributed by atoms with Gasteiger partial charge in [-0.25, -0.2) is 0 Å². The summed E-state index contributed by atoms with van der Waals surface area (Å²) in [6.45, 7) is 2.48. The van der Waals surface area contributed by atoms with Gasteiger partial charge in [0.1, 0.15) is 0 Å². The van der Waals surface area contributed by atoms with Crippen LogP contribution in [0.4, 0.5) is 0 Å². The summed E-state index contributed by atoms with van der Waals surface area (Å²) in [7, 11) is -4.02. The predicted molar refractivity (Wildman–Crippen MR) is 37.3 cm³/mol. The van der Waals surface area contributed by atoms with Gasteiger partial charge in [-0.15, -0.1) is 0 Å². The normalized spacial score (nSPS) is 13.6. The van der Waals surface area contributed by atoms with Crippen molar-refractivity contribution in [3.05, 3.63) is 0 Å². The minimum Gasteiger partial charge on any atom is -0.396 e. The molecule has 4 nitrogen and oxygen atoms in total. The minimum absolute atomic E-state index is 0.0475. The third-order valence-corrected chi connectivity index (χ3v) is 3.01. The molecule has 5 heteroatoms. The van der Waals surface area contributed by atoms with Gasteiger partial charge < -0.3 is 5.11 Å². The van der Waals surface area contributed by atoms with Gasteiger partial charge in [-0.3, -0.25) is 4.55 Å². The maximum absolute atomic E-state index is 10.5. The van der Waals surface area contributed by atoms with Crippen molar-refractivity contribution in [1.29, 1.82) is 0 Å². The molecule has 0 bridgehead atoms. The van der Waals surface area contributed by atoms with Crippen molar-refractivity contribution in [3.8, 4) is 0 Å². The monoisotopic (exact) mass is 168 g/mol. The lowest BCUT2D eigenvalue weighted by Gasteiger charge is -2.18. The molecule has 0 saturated carbocycles. The first-order valence-corrected chi connectivity index (χ1v) is 4.33. The third-order valence-electron chi connectivity index (χ3n) is 1.41. The number of rotatable bonds is 3. The van der Waals surface area contributed by atoms with Crippen LogP contribution in [0.1, 0.15) is 20.3 Å². The average Bonchev–Trinajstić information content (AvgIpc) is 1.61. The molecule has 0 aliphatic rings. The molecule has 0 aliphatic heterocycles. The lowest BCUT2D eigenvalue weighted by Crippen LogP contribution is -2.32. The predicted octanol–water partition coefficient (Wildman–Crippen LogP) is 0.0352. The van der Waals surface area contributed by atoms with Crippen LogP contribution in [0.15, 0.2) is 0 Å². The number of hydrogen-bond acceptors (Lipinski definition) is 3. The molecule has 0 heterocycles. The Morgan fingerprint density at radius 2 is 1.80 bits per heavy atom. The first-order chi connectivity index (χ1) is 4.31. The van der Waals surface area contributed by atoms with E-state index in [0.29, 0.717) is 0 Å². The molecule has 0 amide bonds. The highest BCUT2D eigenvalue weighted by molar-refractivity contribution is 7.87. The second-order valence-corrected chi connectivity index (χ2v) is 4.76. The minimum atomic E-state index is -4.02. The van der Waals surface area contributed by atoms with E-state index >= 15 is 0 Å². The van der Waals surface area contributed by atoms with Gasteiger partial charge in [-0.05, 0) is 20.3 Å². The summed E-state index contributed by atoms with van der Waals surface area (Å²) in [4.78, 5) is 0. The van der Waals surface area contributed by atoms with E-state index in [1.54, 1.807) is 0 Å². The highest BCUT2D eigenvalue weighted by Crippen LogP contribution is 2.18. The number of aliphatic hydroxyl groups is 1. The molecule has 62 valence electrons. The van der Waals surface area contributed by atoms with Crippen molar-refractivity contribution in [2.45, 2.75) is 25.0 Å². The quantitative estimate of drug-likeness (QED) is 0.583. The highest BCUT2D eigenvalue weighted by atomic mass is 32.2. The Bertz CT molecular complexity index is 192. The molecule has 0 aromatic heterocycles. The maximum atomic E-state index is 10.5. The summed E-state index contributed by atoms with van der Waals surface area (Å²) in [5.74, 6) is 0. The summed E-state index contributed by atoms with van der Waals surface area (Å²) in [6, 6.07) is 0. The van der Waals surface area contributed by atoms with Crippen molar-refractivity contribution in [2.75, 3.05) is 6.61 Å². The van der Waals surface area contributed by atoms with E-state index in [4.69, 9.17) is 9.66 Å². The highest BCUT2D eigenvalue weighted by Gasteiger charge is 2.31. The van der Waals surface area contributed by atoms with Gasteiger partial charge in [0, 0.05) is 6.61 Å². The zero-order chi connectivity index (χ0) is 8.41. The van der Waals surface area contributed by atoms with Crippen LogP contribution in [-0.4, -0.2) is 29.4 Å². The van der Waals surface area contributed by atoms with Gasteiger partial charge >= 0.3 is 0 Å². The molecule has 0 radical (unpaired) electrons. The van der Waals surface area contributed by atoms with Crippen LogP contribution < -0.4 is 0 Å². The van der Waals surface area contributed by atoms with Crippen LogP contribution in [0.5, 0.6) is 0 Å². The summed E-state index contributed by atoms with van der Waals surface area (Å²) in [6.07, 6.45) is 0.0475. The Balaban J connectivity index is 4.42. The third kappa shape index (κ3) is 2.24. The Hall–Kier alpha value is -0.130. The molecule has 10 heavy (non-hydrogen) atoms. The second-order valence-electron chi connectivity index (χ2n) is 2.71. The lowest BCUT2D eigenvalue weighted by molar-refractivity contribution is 0.267. The molecular weight excluding hydrogens is 156 g/mol. The van der Waals surface area contributed by atoms with Gasteiger partial charge in [0.15, 0.2) is 0 Å². The molecule has 0 unspecified atom stereocenters. The van der Waals surface area contributed by atoms with E-state index in [1.807, 2.05) is 0 Å². The Morgan fingerprint density at radius 3 is 1.90 bits per heavy atom. The molecule has 0 rings (SSSR count). The van der Waals surface area contributed by atoms with Crippen LogP contribution in [-0.2, 0) is 10.1 Å². The van der Waals surface area contributed by atoms with E-state index < -0.39 is 14.9 Å². The maximum Gasteiger partial charge on any atom is 0.270 e. The molecular formula is C5H12O4S. The van der Waals surface area contributed by atoms with Gasteiger partial charge in [0.2, 0.25) is 0 Å². The summed E-state index contributed by atoms with van der Waals surface area (Å²) in [5, 5.41) is 8.39. The second kappa shape index (κ2) is 2.86. The number of hydrogen-bond donors (Lipinski definition) is 2. The van der Waals surface area contributed by atoms with Crippen molar-refractivity contribution < 1.29 is 18.1 Å². The van der Waals surface area contributed by atoms with E-state index in [9.17, 15) is 8.42 Å². The van der Waals surface area contributed by atoms with Crippen molar-refractivity contribution in [1.82, 2.24) is 0 Å². The average molecular weight is 168 g/mol. The fraction of sp³-hybridized carbons (Fsp3) is 1.00. The Kier molecular flexibility index (Phi) is 2.82. The van der Waals surface area contributed by atoms with Crippen LogP contribution in [0.25, 0.3) is 0 Å². The van der Waals surface area contributed by atoms with Gasteiger partial charge in [-0.2, -0.15) is 8.42 Å². The van der Waals surface area contributed by atoms with Crippen molar-refractivity contribution in [3.63, 3.8) is 0 Å². The largest absolute Gasteiger partial charge is 0.396 e. The summed E-state index contributed by atoms with van der Waals surface area (Å²) >= 11 is 0. The summed E-state index contributed by atoms with van der Waals surface area (Å²) in [5.41, 5.74) is 0. The Morgan fingerprint density at radius 1 is 1.40 bits per heavy atom. The molecule has 0 aromatic rings. The van der Waals surface area contributed by atoms with E-state index in [-0.39, 0.29) is 13.0 Å². The van der Waals surface area contributed by atoms with Gasteiger partial charge in [0.05, 0.1) is 4.75 Å². The fourth-order valence-electron chi connectivity index (χ4n) is 0.398. The van der Waals surface area contributed by atoms with E-state index in [2.05, 4.69) is 0 Å². The molecule has 0 aliphatic carbocycles. The molecule has 0 spiro atoms. The molecule has 0 atom stereocenters. The van der Waals surface area contributed by atoms with E-state index in [0.717, 1.165) is 0 Å². The zero-order valence-electron chi connectivity index (χ0n) is 6.03. The molecule has 0 saturated heterocycles.